The van der Waals surface area contributed by atoms with E-state index in [1.165, 1.54) is 18.4 Å². The second-order valence-electron chi connectivity index (χ2n) is 4.67. The van der Waals surface area contributed by atoms with Crippen molar-refractivity contribution in [3.05, 3.63) is 30.1 Å². The number of pyridine rings is 1. The molecule has 114 valence electrons. The summed E-state index contributed by atoms with van der Waals surface area (Å²) in [7, 11) is 1.81. The van der Waals surface area contributed by atoms with E-state index in [1.807, 2.05) is 19.3 Å². The molecular weight excluding hydrogens is 363 g/mol. The Balaban J connectivity index is 0.00000361. The first-order valence-electron chi connectivity index (χ1n) is 7.13. The molecule has 5 heteroatoms. The highest BCUT2D eigenvalue weighted by molar-refractivity contribution is 14.0. The lowest BCUT2D eigenvalue weighted by Crippen LogP contribution is -2.40. The molecule has 20 heavy (non-hydrogen) atoms. The maximum absolute atomic E-state index is 4.24. The molecule has 0 saturated heterocycles. The van der Waals surface area contributed by atoms with Crippen LogP contribution in [0.5, 0.6) is 0 Å². The summed E-state index contributed by atoms with van der Waals surface area (Å²) >= 11 is 0. The molecule has 0 aromatic carbocycles. The van der Waals surface area contributed by atoms with Crippen molar-refractivity contribution in [2.45, 2.75) is 33.1 Å². The second kappa shape index (κ2) is 11.9. The van der Waals surface area contributed by atoms with Crippen molar-refractivity contribution in [2.24, 2.45) is 10.9 Å². The molecule has 0 aliphatic rings. The Kier molecular flexibility index (Phi) is 11.4. The van der Waals surface area contributed by atoms with Crippen LogP contribution in [-0.4, -0.2) is 31.1 Å². The second-order valence-corrected chi connectivity index (χ2v) is 4.67. The van der Waals surface area contributed by atoms with Crippen LogP contribution in [0, 0.1) is 5.92 Å². The van der Waals surface area contributed by atoms with E-state index < -0.39 is 0 Å². The van der Waals surface area contributed by atoms with Gasteiger partial charge in [-0.05, 0) is 24.0 Å². The number of halogens is 1. The fourth-order valence-corrected chi connectivity index (χ4v) is 1.91. The predicted molar refractivity (Wildman–Crippen MR) is 96.8 cm³/mol. The number of aliphatic imine (C=N–C) groups is 1. The zero-order chi connectivity index (χ0) is 13.9. The Hall–Kier alpha value is -0.850. The van der Waals surface area contributed by atoms with Gasteiger partial charge in [0, 0.05) is 32.5 Å². The Morgan fingerprint density at radius 3 is 2.60 bits per heavy atom. The van der Waals surface area contributed by atoms with Crippen LogP contribution in [0.15, 0.2) is 29.5 Å². The van der Waals surface area contributed by atoms with Gasteiger partial charge in [0.15, 0.2) is 5.96 Å². The summed E-state index contributed by atoms with van der Waals surface area (Å²) in [5, 5.41) is 6.71. The van der Waals surface area contributed by atoms with E-state index in [0.717, 1.165) is 31.4 Å². The number of aromatic nitrogens is 1. The summed E-state index contributed by atoms with van der Waals surface area (Å²) in [6.07, 6.45) is 7.07. The fraction of sp³-hybridized carbons (Fsp3) is 0.600. The van der Waals surface area contributed by atoms with Gasteiger partial charge in [-0.15, -0.1) is 24.0 Å². The lowest BCUT2D eigenvalue weighted by molar-refractivity contribution is 0.481. The fourth-order valence-electron chi connectivity index (χ4n) is 1.91. The highest BCUT2D eigenvalue weighted by atomic mass is 127. The summed E-state index contributed by atoms with van der Waals surface area (Å²) in [6.45, 7) is 6.32. The Morgan fingerprint density at radius 2 is 2.05 bits per heavy atom. The largest absolute Gasteiger partial charge is 0.356 e. The molecule has 1 aromatic rings. The molecule has 1 rings (SSSR count). The van der Waals surface area contributed by atoms with Gasteiger partial charge in [0.2, 0.25) is 0 Å². The minimum atomic E-state index is 0. The molecule has 1 aromatic heterocycles. The van der Waals surface area contributed by atoms with Gasteiger partial charge in [-0.2, -0.15) is 0 Å². The third-order valence-electron chi connectivity index (χ3n) is 3.37. The molecule has 0 amide bonds. The van der Waals surface area contributed by atoms with E-state index in [2.05, 4.69) is 40.5 Å². The van der Waals surface area contributed by atoms with Gasteiger partial charge < -0.3 is 10.6 Å². The SMILES string of the molecule is CCC(CC)CNC(=NC)NCCc1cccnc1.I. The summed E-state index contributed by atoms with van der Waals surface area (Å²) in [5.41, 5.74) is 1.24. The van der Waals surface area contributed by atoms with E-state index in [1.54, 1.807) is 6.20 Å². The van der Waals surface area contributed by atoms with Crippen molar-refractivity contribution in [3.63, 3.8) is 0 Å². The maximum atomic E-state index is 4.24. The molecule has 0 aliphatic heterocycles. The minimum absolute atomic E-state index is 0. The topological polar surface area (TPSA) is 49.3 Å². The van der Waals surface area contributed by atoms with Crippen molar-refractivity contribution in [1.82, 2.24) is 15.6 Å². The van der Waals surface area contributed by atoms with Crippen LogP contribution in [0.1, 0.15) is 32.3 Å². The molecule has 4 nitrogen and oxygen atoms in total. The van der Waals surface area contributed by atoms with Gasteiger partial charge in [0.1, 0.15) is 0 Å². The molecule has 0 atom stereocenters. The van der Waals surface area contributed by atoms with Gasteiger partial charge in [-0.1, -0.05) is 32.8 Å². The highest BCUT2D eigenvalue weighted by Gasteiger charge is 2.04. The van der Waals surface area contributed by atoms with Crippen LogP contribution < -0.4 is 10.6 Å². The average Bonchev–Trinajstić information content (AvgIpc) is 2.47. The van der Waals surface area contributed by atoms with Gasteiger partial charge in [0.25, 0.3) is 0 Å². The number of hydrogen-bond donors (Lipinski definition) is 2. The molecule has 0 saturated carbocycles. The van der Waals surface area contributed by atoms with Crippen molar-refractivity contribution >= 4 is 29.9 Å². The minimum Gasteiger partial charge on any atom is -0.356 e. The van der Waals surface area contributed by atoms with Crippen LogP contribution in [0.4, 0.5) is 0 Å². The Morgan fingerprint density at radius 1 is 1.30 bits per heavy atom. The van der Waals surface area contributed by atoms with E-state index in [-0.39, 0.29) is 24.0 Å². The Labute approximate surface area is 139 Å². The third-order valence-corrected chi connectivity index (χ3v) is 3.37. The van der Waals surface area contributed by atoms with Crippen LogP contribution in [0.2, 0.25) is 0 Å². The predicted octanol–water partition coefficient (Wildman–Crippen LogP) is 2.84. The first-order chi connectivity index (χ1) is 9.30. The van der Waals surface area contributed by atoms with Crippen molar-refractivity contribution in [1.29, 1.82) is 0 Å². The van der Waals surface area contributed by atoms with Crippen molar-refractivity contribution < 1.29 is 0 Å². The molecule has 0 fully saturated rings. The van der Waals surface area contributed by atoms with Gasteiger partial charge in [-0.25, -0.2) is 0 Å². The average molecular weight is 390 g/mol. The quantitative estimate of drug-likeness (QED) is 0.428. The lowest BCUT2D eigenvalue weighted by atomic mass is 10.0. The summed E-state index contributed by atoms with van der Waals surface area (Å²) < 4.78 is 0. The number of nitrogens with one attached hydrogen (secondary N) is 2. The van der Waals surface area contributed by atoms with Gasteiger partial charge >= 0.3 is 0 Å². The van der Waals surface area contributed by atoms with E-state index in [0.29, 0.717) is 0 Å². The zero-order valence-corrected chi connectivity index (χ0v) is 15.1. The van der Waals surface area contributed by atoms with Crippen LogP contribution in [0.3, 0.4) is 0 Å². The van der Waals surface area contributed by atoms with Crippen LogP contribution >= 0.6 is 24.0 Å². The lowest BCUT2D eigenvalue weighted by Gasteiger charge is -2.16. The molecule has 0 bridgehead atoms. The molecule has 1 heterocycles. The first kappa shape index (κ1) is 19.1. The summed E-state index contributed by atoms with van der Waals surface area (Å²) in [6, 6.07) is 4.06. The van der Waals surface area contributed by atoms with Crippen molar-refractivity contribution in [3.8, 4) is 0 Å². The van der Waals surface area contributed by atoms with Gasteiger partial charge in [0.05, 0.1) is 0 Å². The zero-order valence-electron chi connectivity index (χ0n) is 12.7. The van der Waals surface area contributed by atoms with Gasteiger partial charge in [-0.3, -0.25) is 9.98 Å². The molecule has 0 spiro atoms. The highest BCUT2D eigenvalue weighted by Crippen LogP contribution is 2.04. The molecule has 2 N–H and O–H groups in total. The molecule has 0 aliphatic carbocycles. The smallest absolute Gasteiger partial charge is 0.190 e. The van der Waals surface area contributed by atoms with Crippen molar-refractivity contribution in [2.75, 3.05) is 20.1 Å². The molecular formula is C15H27IN4. The molecule has 0 radical (unpaired) electrons. The third kappa shape index (κ3) is 7.67. The monoisotopic (exact) mass is 390 g/mol. The van der Waals surface area contributed by atoms with Crippen LogP contribution in [-0.2, 0) is 6.42 Å². The maximum Gasteiger partial charge on any atom is 0.190 e. The Bertz CT molecular complexity index is 363. The van der Waals surface area contributed by atoms with E-state index in [4.69, 9.17) is 0 Å². The summed E-state index contributed by atoms with van der Waals surface area (Å²) in [5.74, 6) is 1.60. The first-order valence-corrected chi connectivity index (χ1v) is 7.13. The normalized spacial score (nSPS) is 11.1. The number of nitrogens with zero attached hydrogens (tertiary/aromatic N) is 2. The summed E-state index contributed by atoms with van der Waals surface area (Å²) in [4.78, 5) is 8.35. The van der Waals surface area contributed by atoms with Crippen LogP contribution in [0.25, 0.3) is 0 Å². The number of guanidine groups is 1. The number of hydrogen-bond acceptors (Lipinski definition) is 2. The number of rotatable bonds is 7. The van der Waals surface area contributed by atoms with E-state index >= 15 is 0 Å². The standard InChI is InChI=1S/C15H26N4.HI/c1-4-13(5-2)12-19-15(16-3)18-10-8-14-7-6-9-17-11-14;/h6-7,9,11,13H,4-5,8,10,12H2,1-3H3,(H2,16,18,19);1H. The van der Waals surface area contributed by atoms with E-state index in [9.17, 15) is 0 Å². The molecule has 0 unspecified atom stereocenters.